The summed E-state index contributed by atoms with van der Waals surface area (Å²) in [6, 6.07) is 18.4. The number of para-hydroxylation sites is 1. The normalized spacial score (nSPS) is 10.2. The number of benzene rings is 2. The molecule has 0 fully saturated rings. The molecule has 0 amide bonds. The summed E-state index contributed by atoms with van der Waals surface area (Å²) < 4.78 is 0. The third kappa shape index (κ3) is 3.79. The van der Waals surface area contributed by atoms with Crippen molar-refractivity contribution >= 4 is 17.3 Å². The molecule has 2 rings (SSSR count). The highest BCUT2D eigenvalue weighted by Gasteiger charge is 1.97. The maximum Gasteiger partial charge on any atom is 0.0637 e. The number of halogens is 1. The monoisotopic (exact) mass is 245 g/mol. The standard InChI is InChI=1S/C15H16ClN/c16-14-10-4-5-11-15(14)17-12-6-9-13-7-2-1-3-8-13/h1-5,7-8,10-11,17H,6,9,12H2. The highest BCUT2D eigenvalue weighted by atomic mass is 35.5. The van der Waals surface area contributed by atoms with Crippen LogP contribution in [0.3, 0.4) is 0 Å². The molecule has 17 heavy (non-hydrogen) atoms. The second kappa shape index (κ2) is 6.31. The van der Waals surface area contributed by atoms with Crippen LogP contribution in [0.25, 0.3) is 0 Å². The molecule has 88 valence electrons. The van der Waals surface area contributed by atoms with E-state index in [1.807, 2.05) is 30.3 Å². The zero-order chi connectivity index (χ0) is 11.9. The van der Waals surface area contributed by atoms with E-state index in [1.54, 1.807) is 0 Å². The Hall–Kier alpha value is -1.47. The van der Waals surface area contributed by atoms with Crippen LogP contribution in [0.2, 0.25) is 5.02 Å². The van der Waals surface area contributed by atoms with Gasteiger partial charge in [0.2, 0.25) is 0 Å². The molecule has 1 nitrogen and oxygen atoms in total. The second-order valence-electron chi connectivity index (χ2n) is 4.00. The number of nitrogens with one attached hydrogen (secondary N) is 1. The van der Waals surface area contributed by atoms with Crippen LogP contribution in [0.15, 0.2) is 54.6 Å². The van der Waals surface area contributed by atoms with Gasteiger partial charge in [0.25, 0.3) is 0 Å². The van der Waals surface area contributed by atoms with Crippen LogP contribution >= 0.6 is 11.6 Å². The van der Waals surface area contributed by atoms with Gasteiger partial charge in [0.05, 0.1) is 10.7 Å². The number of rotatable bonds is 5. The van der Waals surface area contributed by atoms with E-state index in [4.69, 9.17) is 11.6 Å². The van der Waals surface area contributed by atoms with Crippen LogP contribution in [0, 0.1) is 0 Å². The predicted molar refractivity (Wildman–Crippen MR) is 74.7 cm³/mol. The Morgan fingerprint density at radius 1 is 0.882 bits per heavy atom. The maximum absolute atomic E-state index is 6.06. The van der Waals surface area contributed by atoms with Gasteiger partial charge in [-0.3, -0.25) is 0 Å². The van der Waals surface area contributed by atoms with Crippen molar-refractivity contribution in [2.75, 3.05) is 11.9 Å². The molecule has 2 heteroatoms. The molecule has 0 aliphatic rings. The lowest BCUT2D eigenvalue weighted by atomic mass is 10.1. The van der Waals surface area contributed by atoms with Crippen molar-refractivity contribution in [3.63, 3.8) is 0 Å². The lowest BCUT2D eigenvalue weighted by Crippen LogP contribution is -2.03. The van der Waals surface area contributed by atoms with Gasteiger partial charge in [0, 0.05) is 6.54 Å². The molecule has 0 radical (unpaired) electrons. The van der Waals surface area contributed by atoms with Crippen LogP contribution in [-0.4, -0.2) is 6.54 Å². The number of anilines is 1. The van der Waals surface area contributed by atoms with Gasteiger partial charge in [-0.15, -0.1) is 0 Å². The van der Waals surface area contributed by atoms with E-state index in [0.29, 0.717) is 0 Å². The van der Waals surface area contributed by atoms with Crippen molar-refractivity contribution in [3.8, 4) is 0 Å². The Labute approximate surface area is 107 Å². The van der Waals surface area contributed by atoms with Crippen LogP contribution in [-0.2, 0) is 6.42 Å². The molecule has 1 N–H and O–H groups in total. The van der Waals surface area contributed by atoms with Crippen LogP contribution in [0.1, 0.15) is 12.0 Å². The topological polar surface area (TPSA) is 12.0 Å². The first kappa shape index (κ1) is 12.0. The molecule has 0 saturated heterocycles. The average Bonchev–Trinajstić information content (AvgIpc) is 2.38. The molecule has 0 spiro atoms. The Bertz CT molecular complexity index is 453. The lowest BCUT2D eigenvalue weighted by molar-refractivity contribution is 0.863. The summed E-state index contributed by atoms with van der Waals surface area (Å²) in [4.78, 5) is 0. The van der Waals surface area contributed by atoms with Gasteiger partial charge in [-0.2, -0.15) is 0 Å². The van der Waals surface area contributed by atoms with Crippen molar-refractivity contribution in [2.24, 2.45) is 0 Å². The van der Waals surface area contributed by atoms with E-state index in [2.05, 4.69) is 29.6 Å². The van der Waals surface area contributed by atoms with Crippen molar-refractivity contribution in [1.29, 1.82) is 0 Å². The molecular weight excluding hydrogens is 230 g/mol. The summed E-state index contributed by atoms with van der Waals surface area (Å²) in [6.07, 6.45) is 2.20. The quantitative estimate of drug-likeness (QED) is 0.771. The summed E-state index contributed by atoms with van der Waals surface area (Å²) in [5.74, 6) is 0. The van der Waals surface area contributed by atoms with Crippen LogP contribution in [0.5, 0.6) is 0 Å². The zero-order valence-corrected chi connectivity index (χ0v) is 10.5. The minimum Gasteiger partial charge on any atom is -0.384 e. The number of hydrogen-bond donors (Lipinski definition) is 1. The first-order chi connectivity index (χ1) is 8.36. The first-order valence-electron chi connectivity index (χ1n) is 5.88. The molecule has 0 atom stereocenters. The summed E-state index contributed by atoms with van der Waals surface area (Å²) in [7, 11) is 0. The second-order valence-corrected chi connectivity index (χ2v) is 4.40. The number of hydrogen-bond acceptors (Lipinski definition) is 1. The van der Waals surface area contributed by atoms with Gasteiger partial charge in [-0.05, 0) is 30.5 Å². The smallest absolute Gasteiger partial charge is 0.0637 e. The molecule has 2 aromatic carbocycles. The maximum atomic E-state index is 6.06. The fourth-order valence-electron chi connectivity index (χ4n) is 1.76. The lowest BCUT2D eigenvalue weighted by Gasteiger charge is -2.07. The fraction of sp³-hybridized carbons (Fsp3) is 0.200. The van der Waals surface area contributed by atoms with Gasteiger partial charge in [0.1, 0.15) is 0 Å². The minimum atomic E-state index is 0.784. The van der Waals surface area contributed by atoms with Gasteiger partial charge in [-0.1, -0.05) is 54.1 Å². The van der Waals surface area contributed by atoms with Crippen molar-refractivity contribution < 1.29 is 0 Å². The first-order valence-corrected chi connectivity index (χ1v) is 6.26. The van der Waals surface area contributed by atoms with Gasteiger partial charge in [-0.25, -0.2) is 0 Å². The molecule has 0 aromatic heterocycles. The third-order valence-electron chi connectivity index (χ3n) is 2.67. The van der Waals surface area contributed by atoms with E-state index < -0.39 is 0 Å². The summed E-state index contributed by atoms with van der Waals surface area (Å²) >= 11 is 6.06. The highest BCUT2D eigenvalue weighted by Crippen LogP contribution is 2.20. The van der Waals surface area contributed by atoms with Crippen molar-refractivity contribution in [1.82, 2.24) is 0 Å². The zero-order valence-electron chi connectivity index (χ0n) is 9.70. The molecule has 0 unspecified atom stereocenters. The third-order valence-corrected chi connectivity index (χ3v) is 3.00. The highest BCUT2D eigenvalue weighted by molar-refractivity contribution is 6.33. The molecule has 0 aliphatic heterocycles. The van der Waals surface area contributed by atoms with Gasteiger partial charge >= 0.3 is 0 Å². The average molecular weight is 246 g/mol. The Balaban J connectivity index is 1.76. The SMILES string of the molecule is Clc1ccccc1NCCCc1ccccc1. The van der Waals surface area contributed by atoms with E-state index in [-0.39, 0.29) is 0 Å². The van der Waals surface area contributed by atoms with Crippen molar-refractivity contribution in [3.05, 3.63) is 65.2 Å². The van der Waals surface area contributed by atoms with E-state index >= 15 is 0 Å². The fourth-order valence-corrected chi connectivity index (χ4v) is 1.97. The molecule has 2 aromatic rings. The van der Waals surface area contributed by atoms with E-state index in [0.717, 1.165) is 30.1 Å². The molecule has 0 bridgehead atoms. The van der Waals surface area contributed by atoms with Crippen LogP contribution < -0.4 is 5.32 Å². The van der Waals surface area contributed by atoms with E-state index in [1.165, 1.54) is 5.56 Å². The molecule has 0 saturated carbocycles. The molecular formula is C15H16ClN. The largest absolute Gasteiger partial charge is 0.384 e. The molecule has 0 aliphatic carbocycles. The van der Waals surface area contributed by atoms with Gasteiger partial charge in [0.15, 0.2) is 0 Å². The van der Waals surface area contributed by atoms with Gasteiger partial charge < -0.3 is 5.32 Å². The van der Waals surface area contributed by atoms with Crippen molar-refractivity contribution in [2.45, 2.75) is 12.8 Å². The van der Waals surface area contributed by atoms with Crippen LogP contribution in [0.4, 0.5) is 5.69 Å². The Kier molecular flexibility index (Phi) is 4.45. The predicted octanol–water partition coefficient (Wildman–Crippen LogP) is 4.38. The summed E-state index contributed by atoms with van der Waals surface area (Å²) in [5, 5.41) is 4.14. The Morgan fingerprint density at radius 2 is 1.59 bits per heavy atom. The Morgan fingerprint density at radius 3 is 2.35 bits per heavy atom. The number of aryl methyl sites for hydroxylation is 1. The summed E-state index contributed by atoms with van der Waals surface area (Å²) in [6.45, 7) is 0.943. The van der Waals surface area contributed by atoms with E-state index in [9.17, 15) is 0 Å². The molecule has 0 heterocycles. The minimum absolute atomic E-state index is 0.784. The summed E-state index contributed by atoms with van der Waals surface area (Å²) in [5.41, 5.74) is 2.40.